The van der Waals surface area contributed by atoms with E-state index in [2.05, 4.69) is 4.98 Å². The fourth-order valence-electron chi connectivity index (χ4n) is 1.20. The average Bonchev–Trinajstić information content (AvgIpc) is 2.64. The van der Waals surface area contributed by atoms with Gasteiger partial charge >= 0.3 is 0 Å². The molecule has 0 atom stereocenters. The number of nitrogens with zero attached hydrogens (tertiary/aromatic N) is 2. The Morgan fingerprint density at radius 2 is 1.88 bits per heavy atom. The second-order valence-electron chi connectivity index (χ2n) is 3.00. The van der Waals surface area contributed by atoms with Crippen molar-refractivity contribution in [2.24, 2.45) is 0 Å². The van der Waals surface area contributed by atoms with Gasteiger partial charge in [0.25, 0.3) is 0 Å². The zero-order valence-corrected chi connectivity index (χ0v) is 11.0. The van der Waals surface area contributed by atoms with E-state index < -0.39 is 0 Å². The van der Waals surface area contributed by atoms with Crippen molar-refractivity contribution in [3.05, 3.63) is 38.1 Å². The molecule has 0 bridgehead atoms. The number of halogens is 4. The molecule has 0 spiro atoms. The first-order valence-corrected chi connectivity index (χ1v) is 5.75. The van der Waals surface area contributed by atoms with Gasteiger partial charge in [0.2, 0.25) is 11.1 Å². The van der Waals surface area contributed by atoms with Gasteiger partial charge in [-0.15, -0.1) is 0 Å². The van der Waals surface area contributed by atoms with Gasteiger partial charge in [-0.1, -0.05) is 34.8 Å². The van der Waals surface area contributed by atoms with E-state index in [1.807, 2.05) is 0 Å². The lowest BCUT2D eigenvalue weighted by Crippen LogP contribution is -1.82. The molecule has 0 N–H and O–H groups in total. The molecule has 86 valence electrons. The highest BCUT2D eigenvalue weighted by molar-refractivity contribution is 6.45. The van der Waals surface area contributed by atoms with Gasteiger partial charge in [-0.2, -0.15) is 10.2 Å². The molecule has 0 radical (unpaired) electrons. The number of benzene rings is 1. The zero-order valence-electron chi connectivity index (χ0n) is 7.97. The van der Waals surface area contributed by atoms with Crippen LogP contribution in [0.3, 0.4) is 0 Å². The largest absolute Gasteiger partial charge is 0.423 e. The molecule has 0 unspecified atom stereocenters. The maximum atomic E-state index is 8.72. The third kappa shape index (κ3) is 2.36. The smallest absolute Gasteiger partial charge is 0.232 e. The van der Waals surface area contributed by atoms with E-state index in [-0.39, 0.29) is 26.8 Å². The molecular weight excluding hydrogens is 306 g/mol. The Morgan fingerprint density at radius 1 is 1.18 bits per heavy atom. The highest BCUT2D eigenvalue weighted by atomic mass is 35.5. The minimum absolute atomic E-state index is 0.0196. The van der Waals surface area contributed by atoms with Crippen LogP contribution in [0.5, 0.6) is 0 Å². The second kappa shape index (κ2) is 4.75. The Balaban J connectivity index is 2.64. The second-order valence-corrected chi connectivity index (χ2v) is 4.57. The number of hydrogen-bond donors (Lipinski definition) is 0. The Labute approximate surface area is 116 Å². The highest BCUT2D eigenvalue weighted by Gasteiger charge is 2.17. The van der Waals surface area contributed by atoms with Crippen LogP contribution in [0.15, 0.2) is 16.5 Å². The molecule has 7 heteroatoms. The van der Waals surface area contributed by atoms with E-state index in [0.717, 1.165) is 0 Å². The molecule has 0 aliphatic carbocycles. The fraction of sp³-hybridized carbons (Fsp3) is 0. The van der Waals surface area contributed by atoms with Crippen LogP contribution in [0.4, 0.5) is 0 Å². The van der Waals surface area contributed by atoms with Crippen LogP contribution in [-0.4, -0.2) is 4.98 Å². The minimum atomic E-state index is -0.102. The lowest BCUT2D eigenvalue weighted by atomic mass is 10.2. The van der Waals surface area contributed by atoms with Crippen LogP contribution in [0.25, 0.3) is 11.5 Å². The molecule has 2 aromatic rings. The molecule has 0 saturated carbocycles. The Kier molecular flexibility index (Phi) is 3.50. The molecule has 1 aromatic carbocycles. The third-order valence-corrected chi connectivity index (χ3v) is 3.19. The lowest BCUT2D eigenvalue weighted by molar-refractivity contribution is 0.576. The molecule has 2 rings (SSSR count). The SMILES string of the molecule is N#Cc1nc(-c2cc(Cl)cc(Cl)c2Cl)oc1Cl. The van der Waals surface area contributed by atoms with Gasteiger partial charge < -0.3 is 4.42 Å². The van der Waals surface area contributed by atoms with Crippen LogP contribution in [0, 0.1) is 11.3 Å². The molecule has 0 aliphatic rings. The van der Waals surface area contributed by atoms with E-state index in [0.29, 0.717) is 10.6 Å². The summed E-state index contributed by atoms with van der Waals surface area (Å²) in [6.45, 7) is 0. The maximum absolute atomic E-state index is 8.72. The first-order chi connectivity index (χ1) is 8.02. The molecule has 0 saturated heterocycles. The van der Waals surface area contributed by atoms with Crippen molar-refractivity contribution < 1.29 is 4.42 Å². The number of nitriles is 1. The first kappa shape index (κ1) is 12.5. The van der Waals surface area contributed by atoms with Gasteiger partial charge in [-0.05, 0) is 23.7 Å². The summed E-state index contributed by atoms with van der Waals surface area (Å²) in [5.41, 5.74) is 0.362. The summed E-state index contributed by atoms with van der Waals surface area (Å²) < 4.78 is 5.11. The Hall–Kier alpha value is -0.920. The standard InChI is InChI=1S/C10H2Cl4N2O/c11-4-1-5(8(13)6(12)2-4)10-16-7(3-15)9(14)17-10/h1-2H. The van der Waals surface area contributed by atoms with Crippen molar-refractivity contribution in [2.45, 2.75) is 0 Å². The number of hydrogen-bond acceptors (Lipinski definition) is 3. The summed E-state index contributed by atoms with van der Waals surface area (Å²) in [6.07, 6.45) is 0. The van der Waals surface area contributed by atoms with Crippen LogP contribution in [0.1, 0.15) is 5.69 Å². The molecule has 3 nitrogen and oxygen atoms in total. The van der Waals surface area contributed by atoms with Gasteiger partial charge in [0, 0.05) is 5.02 Å². The third-order valence-electron chi connectivity index (χ3n) is 1.92. The van der Waals surface area contributed by atoms with Crippen LogP contribution in [0.2, 0.25) is 20.3 Å². The van der Waals surface area contributed by atoms with Crippen molar-refractivity contribution in [3.63, 3.8) is 0 Å². The van der Waals surface area contributed by atoms with Crippen LogP contribution in [-0.2, 0) is 0 Å². The van der Waals surface area contributed by atoms with E-state index in [1.165, 1.54) is 12.1 Å². The Bertz CT molecular complexity index is 630. The molecular formula is C10H2Cl4N2O. The quantitative estimate of drug-likeness (QED) is 0.709. The van der Waals surface area contributed by atoms with Crippen LogP contribution < -0.4 is 0 Å². The Morgan fingerprint density at radius 3 is 2.47 bits per heavy atom. The summed E-state index contributed by atoms with van der Waals surface area (Å²) in [7, 11) is 0. The summed E-state index contributed by atoms with van der Waals surface area (Å²) in [5, 5.41) is 9.49. The number of oxazole rings is 1. The van der Waals surface area contributed by atoms with Gasteiger partial charge in [-0.25, -0.2) is 0 Å². The van der Waals surface area contributed by atoms with Crippen molar-refractivity contribution in [3.8, 4) is 17.5 Å². The molecule has 0 amide bonds. The fourth-order valence-corrected chi connectivity index (χ4v) is 2.04. The maximum Gasteiger partial charge on any atom is 0.232 e. The zero-order chi connectivity index (χ0) is 12.6. The summed E-state index contributed by atoms with van der Waals surface area (Å²) in [4.78, 5) is 3.88. The normalized spacial score (nSPS) is 10.3. The van der Waals surface area contributed by atoms with Crippen LogP contribution >= 0.6 is 46.4 Å². The summed E-state index contributed by atoms with van der Waals surface area (Å²) in [5.74, 6) is 0.0981. The van der Waals surface area contributed by atoms with Gasteiger partial charge in [-0.3, -0.25) is 0 Å². The van der Waals surface area contributed by atoms with Gasteiger partial charge in [0.1, 0.15) is 6.07 Å². The van der Waals surface area contributed by atoms with E-state index in [9.17, 15) is 0 Å². The summed E-state index contributed by atoms with van der Waals surface area (Å²) >= 11 is 23.4. The van der Waals surface area contributed by atoms with Crippen molar-refractivity contribution in [2.75, 3.05) is 0 Å². The first-order valence-electron chi connectivity index (χ1n) is 4.24. The minimum Gasteiger partial charge on any atom is -0.423 e. The molecule has 0 aliphatic heterocycles. The van der Waals surface area contributed by atoms with E-state index in [4.69, 9.17) is 56.1 Å². The van der Waals surface area contributed by atoms with Crippen molar-refractivity contribution in [1.82, 2.24) is 4.98 Å². The topological polar surface area (TPSA) is 49.8 Å². The van der Waals surface area contributed by atoms with Gasteiger partial charge in [0.05, 0.1) is 15.6 Å². The molecule has 0 fully saturated rings. The van der Waals surface area contributed by atoms with Crippen molar-refractivity contribution >= 4 is 46.4 Å². The predicted molar refractivity (Wildman–Crippen MR) is 66.7 cm³/mol. The van der Waals surface area contributed by atoms with E-state index >= 15 is 0 Å². The number of aromatic nitrogens is 1. The van der Waals surface area contributed by atoms with Crippen molar-refractivity contribution in [1.29, 1.82) is 5.26 Å². The summed E-state index contributed by atoms with van der Waals surface area (Å²) in [6, 6.07) is 4.81. The molecule has 1 aromatic heterocycles. The van der Waals surface area contributed by atoms with Gasteiger partial charge in [0.15, 0.2) is 5.69 Å². The predicted octanol–water partition coefficient (Wildman–Crippen LogP) is 4.83. The monoisotopic (exact) mass is 306 g/mol. The molecule has 17 heavy (non-hydrogen) atoms. The average molecular weight is 308 g/mol. The van der Waals surface area contributed by atoms with E-state index in [1.54, 1.807) is 6.07 Å². The molecule has 1 heterocycles. The number of rotatable bonds is 1. The lowest BCUT2D eigenvalue weighted by Gasteiger charge is -2.02. The highest BCUT2D eigenvalue weighted by Crippen LogP contribution is 2.37.